The van der Waals surface area contributed by atoms with E-state index in [4.69, 9.17) is 40.1 Å². The van der Waals surface area contributed by atoms with E-state index in [-0.39, 0.29) is 0 Å². The molecule has 0 aromatic rings. The fourth-order valence-corrected chi connectivity index (χ4v) is 25.4. The third-order valence-corrected chi connectivity index (χ3v) is 27.7. The lowest BCUT2D eigenvalue weighted by molar-refractivity contribution is 0.123. The van der Waals surface area contributed by atoms with Gasteiger partial charge in [0.15, 0.2) is 0 Å². The van der Waals surface area contributed by atoms with E-state index in [2.05, 4.69) is 55.4 Å². The second-order valence-corrected chi connectivity index (χ2v) is 28.0. The van der Waals surface area contributed by atoms with Crippen LogP contribution >= 0.6 is 0 Å². The number of ether oxygens (including phenoxy) is 4. The highest BCUT2D eigenvalue weighted by Crippen LogP contribution is 2.37. The van der Waals surface area contributed by atoms with Gasteiger partial charge in [0.2, 0.25) is 0 Å². The summed E-state index contributed by atoms with van der Waals surface area (Å²) in [4.78, 5) is 0. The molecule has 0 spiro atoms. The molecule has 9 nitrogen and oxygen atoms in total. The number of rotatable bonds is 36. The lowest BCUT2D eigenvalue weighted by atomic mass is 10.4. The standard InChI is InChI=1S/C34H78O9Si4/c1-11-19-23-37-27-31-44(15-5,35-9)41-46(17-7,33-29-39-25-21-13-3)43-47(18-8,34-30-40-26-22-14-4)42-45(16-6,36-10)32-28-38-24-20-12-2/h11-34H2,1-10H3. The predicted molar refractivity (Wildman–Crippen MR) is 204 cm³/mol. The van der Waals surface area contributed by atoms with Crippen LogP contribution in [0.2, 0.25) is 48.4 Å². The Morgan fingerprint density at radius 3 is 0.766 bits per heavy atom. The SMILES string of the molecule is CCCCOCC[Si](CC)(OC)O[Si](CC)(CCOCCCC)O[Si](CC)(CCOCCCC)O[Si](CC)(CCOCCCC)OC. The highest BCUT2D eigenvalue weighted by atomic mass is 28.5. The Hall–Kier alpha value is 0.508. The van der Waals surface area contributed by atoms with Gasteiger partial charge in [-0.15, -0.1) is 0 Å². The first-order valence-corrected chi connectivity index (χ1v) is 28.2. The molecule has 0 rings (SSSR count). The first kappa shape index (κ1) is 47.5. The van der Waals surface area contributed by atoms with Crippen LogP contribution in [-0.4, -0.2) is 101 Å². The molecule has 4 unspecified atom stereocenters. The van der Waals surface area contributed by atoms with Crippen molar-refractivity contribution in [3.63, 3.8) is 0 Å². The minimum Gasteiger partial charge on any atom is -0.415 e. The molecule has 0 radical (unpaired) electrons. The molecule has 0 heterocycles. The molecule has 47 heavy (non-hydrogen) atoms. The van der Waals surface area contributed by atoms with Gasteiger partial charge in [0, 0.05) is 91.3 Å². The van der Waals surface area contributed by atoms with Gasteiger partial charge in [-0.3, -0.25) is 0 Å². The van der Waals surface area contributed by atoms with Gasteiger partial charge in [-0.2, -0.15) is 0 Å². The fraction of sp³-hybridized carbons (Fsp3) is 1.00. The molecular formula is C34H78O9Si4. The van der Waals surface area contributed by atoms with Crippen molar-refractivity contribution in [3.8, 4) is 0 Å². The summed E-state index contributed by atoms with van der Waals surface area (Å²) in [5.74, 6) is 0. The smallest absolute Gasteiger partial charge is 0.331 e. The number of unbranched alkanes of at least 4 members (excludes halogenated alkanes) is 4. The maximum atomic E-state index is 7.65. The highest BCUT2D eigenvalue weighted by Gasteiger charge is 2.55. The van der Waals surface area contributed by atoms with Crippen LogP contribution in [0.1, 0.15) is 107 Å². The van der Waals surface area contributed by atoms with Gasteiger partial charge in [-0.1, -0.05) is 81.1 Å². The zero-order valence-electron chi connectivity index (χ0n) is 32.6. The summed E-state index contributed by atoms with van der Waals surface area (Å²) in [6.45, 7) is 23.1. The van der Waals surface area contributed by atoms with E-state index in [9.17, 15) is 0 Å². The molecule has 0 fully saturated rings. The molecule has 4 atom stereocenters. The van der Waals surface area contributed by atoms with Gasteiger partial charge in [0.25, 0.3) is 0 Å². The maximum Gasteiger partial charge on any atom is 0.331 e. The molecule has 0 bridgehead atoms. The summed E-state index contributed by atoms with van der Waals surface area (Å²) in [5.41, 5.74) is 0. The molecular weight excluding hydrogens is 665 g/mol. The second-order valence-electron chi connectivity index (χ2n) is 12.6. The molecule has 13 heteroatoms. The Morgan fingerprint density at radius 2 is 0.553 bits per heavy atom. The zero-order chi connectivity index (χ0) is 35.3. The Labute approximate surface area is 295 Å². The molecule has 284 valence electrons. The van der Waals surface area contributed by atoms with E-state index in [1.54, 1.807) is 0 Å². The molecule has 0 aliphatic rings. The summed E-state index contributed by atoms with van der Waals surface area (Å²) in [5, 5.41) is 0. The molecule has 0 amide bonds. The van der Waals surface area contributed by atoms with E-state index in [0.717, 1.165) is 126 Å². The van der Waals surface area contributed by atoms with Gasteiger partial charge in [-0.25, -0.2) is 0 Å². The fourth-order valence-electron chi connectivity index (χ4n) is 5.39. The Kier molecular flexibility index (Phi) is 29.4. The Bertz CT molecular complexity index is 649. The van der Waals surface area contributed by atoms with Crippen molar-refractivity contribution >= 4 is 34.2 Å². The first-order valence-electron chi connectivity index (χ1n) is 19.2. The first-order chi connectivity index (χ1) is 22.7. The van der Waals surface area contributed by atoms with Crippen LogP contribution in [-0.2, 0) is 40.1 Å². The van der Waals surface area contributed by atoms with Crippen molar-refractivity contribution in [2.24, 2.45) is 0 Å². The van der Waals surface area contributed by atoms with Gasteiger partial charge in [0.05, 0.1) is 0 Å². The third-order valence-electron chi connectivity index (χ3n) is 9.09. The molecule has 0 N–H and O–H groups in total. The summed E-state index contributed by atoms with van der Waals surface area (Å²) < 4.78 is 59.7. The largest absolute Gasteiger partial charge is 0.415 e. The van der Waals surface area contributed by atoms with Crippen LogP contribution in [0, 0.1) is 0 Å². The zero-order valence-corrected chi connectivity index (χ0v) is 36.6. The quantitative estimate of drug-likeness (QED) is 0.0461. The second kappa shape index (κ2) is 29.1. The van der Waals surface area contributed by atoms with E-state index < -0.39 is 34.2 Å². The predicted octanol–water partition coefficient (Wildman–Crippen LogP) is 9.44. The molecule has 0 saturated carbocycles. The van der Waals surface area contributed by atoms with E-state index >= 15 is 0 Å². The molecule has 0 aromatic carbocycles. The normalized spacial score (nSPS) is 17.2. The van der Waals surface area contributed by atoms with E-state index in [1.807, 2.05) is 14.2 Å². The van der Waals surface area contributed by atoms with Crippen LogP contribution < -0.4 is 0 Å². The van der Waals surface area contributed by atoms with Crippen molar-refractivity contribution in [2.75, 3.05) is 67.1 Å². The summed E-state index contributed by atoms with van der Waals surface area (Å²) >= 11 is 0. The number of hydrogen-bond acceptors (Lipinski definition) is 9. The van der Waals surface area contributed by atoms with Gasteiger partial charge in [0.1, 0.15) is 0 Å². The van der Waals surface area contributed by atoms with Gasteiger partial charge < -0.3 is 40.1 Å². The highest BCUT2D eigenvalue weighted by molar-refractivity contribution is 6.90. The maximum absolute atomic E-state index is 7.65. The minimum absolute atomic E-state index is 0.609. The Balaban J connectivity index is 6.60. The van der Waals surface area contributed by atoms with E-state index in [1.165, 1.54) is 0 Å². The van der Waals surface area contributed by atoms with Crippen molar-refractivity contribution in [3.05, 3.63) is 0 Å². The minimum atomic E-state index is -2.92. The van der Waals surface area contributed by atoms with Crippen LogP contribution in [0.5, 0.6) is 0 Å². The van der Waals surface area contributed by atoms with Gasteiger partial charge >= 0.3 is 34.2 Å². The van der Waals surface area contributed by atoms with Crippen LogP contribution in [0.15, 0.2) is 0 Å². The van der Waals surface area contributed by atoms with Crippen LogP contribution in [0.4, 0.5) is 0 Å². The third kappa shape index (κ3) is 19.6. The molecule has 0 aromatic heterocycles. The van der Waals surface area contributed by atoms with Crippen molar-refractivity contribution in [2.45, 2.75) is 155 Å². The van der Waals surface area contributed by atoms with Crippen molar-refractivity contribution in [1.29, 1.82) is 0 Å². The summed E-state index contributed by atoms with van der Waals surface area (Å²) in [6.07, 6.45) is 8.69. The monoisotopic (exact) mass is 742 g/mol. The molecule has 0 aliphatic carbocycles. The molecule has 0 saturated heterocycles. The van der Waals surface area contributed by atoms with Crippen LogP contribution in [0.25, 0.3) is 0 Å². The van der Waals surface area contributed by atoms with E-state index in [0.29, 0.717) is 26.4 Å². The van der Waals surface area contributed by atoms with Crippen molar-refractivity contribution < 1.29 is 40.1 Å². The van der Waals surface area contributed by atoms with Gasteiger partial charge in [-0.05, 0) is 49.9 Å². The average molecular weight is 743 g/mol. The lowest BCUT2D eigenvalue weighted by Gasteiger charge is -2.47. The average Bonchev–Trinajstić information content (AvgIpc) is 3.10. The van der Waals surface area contributed by atoms with Crippen molar-refractivity contribution in [1.82, 2.24) is 0 Å². The topological polar surface area (TPSA) is 83.1 Å². The Morgan fingerprint density at radius 1 is 0.319 bits per heavy atom. The molecule has 0 aliphatic heterocycles. The summed E-state index contributed by atoms with van der Waals surface area (Å²) in [6, 6.07) is 6.29. The van der Waals surface area contributed by atoms with Crippen LogP contribution in [0.3, 0.4) is 0 Å². The summed E-state index contributed by atoms with van der Waals surface area (Å²) in [7, 11) is -7.51. The number of hydrogen-bond donors (Lipinski definition) is 0. The lowest BCUT2D eigenvalue weighted by Crippen LogP contribution is -2.64.